The third kappa shape index (κ3) is 2.23. The molecule has 0 aromatic heterocycles. The summed E-state index contributed by atoms with van der Waals surface area (Å²) in [5.41, 5.74) is -0.311. The van der Waals surface area contributed by atoms with Crippen LogP contribution in [0.15, 0.2) is 24.0 Å². The predicted octanol–water partition coefficient (Wildman–Crippen LogP) is 1.20. The summed E-state index contributed by atoms with van der Waals surface area (Å²) in [6, 6.07) is 0. The summed E-state index contributed by atoms with van der Waals surface area (Å²) >= 11 is 0. The van der Waals surface area contributed by atoms with Gasteiger partial charge in [0.1, 0.15) is 11.3 Å². The van der Waals surface area contributed by atoms with Crippen molar-refractivity contribution in [1.29, 1.82) is 5.41 Å². The van der Waals surface area contributed by atoms with E-state index < -0.39 is 5.97 Å². The Morgan fingerprint density at radius 1 is 1.67 bits per heavy atom. The Morgan fingerprint density at radius 2 is 2.17 bits per heavy atom. The number of carbonyl (C=O) groups excluding carboxylic acids is 1. The largest absolute Gasteiger partial charge is 0.512 e. The highest BCUT2D eigenvalue weighted by Gasteiger charge is 2.16. The minimum Gasteiger partial charge on any atom is -0.512 e. The molecule has 0 unspecified atom stereocenters. The zero-order valence-electron chi connectivity index (χ0n) is 7.05. The normalized spacial score (nSPS) is 11.5. The minimum absolute atomic E-state index is 0.151. The van der Waals surface area contributed by atoms with E-state index in [0.717, 1.165) is 6.08 Å². The summed E-state index contributed by atoms with van der Waals surface area (Å²) < 4.78 is 4.35. The molecule has 0 aliphatic carbocycles. The third-order valence-electron chi connectivity index (χ3n) is 1.22. The highest BCUT2D eigenvalue weighted by Crippen LogP contribution is 2.05. The lowest BCUT2D eigenvalue weighted by atomic mass is 10.1. The van der Waals surface area contributed by atoms with Crippen molar-refractivity contribution in [2.75, 3.05) is 7.11 Å². The maximum absolute atomic E-state index is 10.9. The van der Waals surface area contributed by atoms with E-state index in [1.165, 1.54) is 14.0 Å². The molecule has 0 heterocycles. The van der Waals surface area contributed by atoms with Crippen molar-refractivity contribution in [3.05, 3.63) is 24.0 Å². The molecule has 0 saturated heterocycles. The maximum Gasteiger partial charge on any atom is 0.343 e. The van der Waals surface area contributed by atoms with Gasteiger partial charge in [0, 0.05) is 0 Å². The van der Waals surface area contributed by atoms with Gasteiger partial charge in [-0.1, -0.05) is 6.58 Å². The van der Waals surface area contributed by atoms with Gasteiger partial charge in [-0.15, -0.1) is 0 Å². The molecule has 4 heteroatoms. The van der Waals surface area contributed by atoms with Crippen molar-refractivity contribution in [2.45, 2.75) is 6.92 Å². The fourth-order valence-corrected chi connectivity index (χ4v) is 0.657. The van der Waals surface area contributed by atoms with Gasteiger partial charge in [0.25, 0.3) is 0 Å². The van der Waals surface area contributed by atoms with Crippen LogP contribution in [-0.4, -0.2) is 23.9 Å². The Labute approximate surface area is 70.7 Å². The lowest BCUT2D eigenvalue weighted by molar-refractivity contribution is -0.135. The summed E-state index contributed by atoms with van der Waals surface area (Å²) in [4.78, 5) is 10.9. The Balaban J connectivity index is 4.95. The van der Waals surface area contributed by atoms with E-state index in [4.69, 9.17) is 10.5 Å². The molecule has 0 bridgehead atoms. The molecule has 0 aromatic rings. The first-order valence-electron chi connectivity index (χ1n) is 3.24. The van der Waals surface area contributed by atoms with Gasteiger partial charge in [-0.2, -0.15) is 0 Å². The van der Waals surface area contributed by atoms with Gasteiger partial charge in [0.05, 0.1) is 12.8 Å². The lowest BCUT2D eigenvalue weighted by Crippen LogP contribution is -2.13. The fraction of sp³-hybridized carbons (Fsp3) is 0.250. The number of hydrogen-bond donors (Lipinski definition) is 2. The van der Waals surface area contributed by atoms with Crippen LogP contribution in [0.3, 0.4) is 0 Å². The minimum atomic E-state index is -0.736. The summed E-state index contributed by atoms with van der Waals surface area (Å²) in [6.45, 7) is 4.61. The highest BCUT2D eigenvalue weighted by molar-refractivity contribution is 6.23. The summed E-state index contributed by atoms with van der Waals surface area (Å²) in [7, 11) is 1.18. The Hall–Kier alpha value is -1.58. The van der Waals surface area contributed by atoms with Gasteiger partial charge in [-0.05, 0) is 13.0 Å². The van der Waals surface area contributed by atoms with Crippen LogP contribution in [0.5, 0.6) is 0 Å². The zero-order chi connectivity index (χ0) is 9.72. The van der Waals surface area contributed by atoms with E-state index >= 15 is 0 Å². The molecular weight excluding hydrogens is 158 g/mol. The van der Waals surface area contributed by atoms with Crippen molar-refractivity contribution in [1.82, 2.24) is 0 Å². The van der Waals surface area contributed by atoms with Gasteiger partial charge in [-0.25, -0.2) is 4.79 Å². The van der Waals surface area contributed by atoms with Gasteiger partial charge in [0.15, 0.2) is 0 Å². The number of aliphatic hydroxyl groups is 1. The Kier molecular flexibility index (Phi) is 3.76. The van der Waals surface area contributed by atoms with E-state index in [-0.39, 0.29) is 17.0 Å². The second kappa shape index (κ2) is 4.33. The van der Waals surface area contributed by atoms with Crippen LogP contribution >= 0.6 is 0 Å². The zero-order valence-corrected chi connectivity index (χ0v) is 7.05. The second-order valence-corrected chi connectivity index (χ2v) is 2.07. The number of nitrogens with one attached hydrogen (secondary N) is 1. The lowest BCUT2D eigenvalue weighted by Gasteiger charge is -2.03. The molecule has 66 valence electrons. The van der Waals surface area contributed by atoms with Crippen molar-refractivity contribution >= 4 is 11.7 Å². The van der Waals surface area contributed by atoms with Crippen LogP contribution in [-0.2, 0) is 9.53 Å². The molecular formula is C8H11NO3. The molecule has 0 radical (unpaired) electrons. The van der Waals surface area contributed by atoms with Gasteiger partial charge in [-0.3, -0.25) is 5.41 Å². The molecule has 0 atom stereocenters. The molecule has 0 amide bonds. The number of carbonyl (C=O) groups is 1. The molecule has 2 N–H and O–H groups in total. The van der Waals surface area contributed by atoms with Gasteiger partial charge >= 0.3 is 5.97 Å². The summed E-state index contributed by atoms with van der Waals surface area (Å²) in [5.74, 6) is -0.980. The van der Waals surface area contributed by atoms with E-state index in [2.05, 4.69) is 11.3 Å². The molecule has 12 heavy (non-hydrogen) atoms. The molecule has 0 aliphatic heterocycles. The van der Waals surface area contributed by atoms with Crippen LogP contribution in [0.25, 0.3) is 0 Å². The first-order valence-corrected chi connectivity index (χ1v) is 3.24. The number of allylic oxidation sites excluding steroid dienone is 2. The Bertz CT molecular complexity index is 249. The molecule has 0 fully saturated rings. The maximum atomic E-state index is 10.9. The van der Waals surface area contributed by atoms with Crippen molar-refractivity contribution < 1.29 is 14.6 Å². The van der Waals surface area contributed by atoms with Crippen LogP contribution in [0.4, 0.5) is 0 Å². The number of methoxy groups -OCH3 is 1. The first kappa shape index (κ1) is 10.4. The van der Waals surface area contributed by atoms with Crippen molar-refractivity contribution in [3.63, 3.8) is 0 Å². The standard InChI is InChI=1S/C8H11NO3/c1-4-6(9)7(5(2)10)8(11)12-3/h4,9-10H,1H2,2-3H3/b7-5-,9-6?. The van der Waals surface area contributed by atoms with Crippen LogP contribution < -0.4 is 0 Å². The number of hydrogen-bond acceptors (Lipinski definition) is 4. The number of esters is 1. The van der Waals surface area contributed by atoms with Crippen LogP contribution in [0.2, 0.25) is 0 Å². The topological polar surface area (TPSA) is 70.4 Å². The van der Waals surface area contributed by atoms with Crippen LogP contribution in [0, 0.1) is 5.41 Å². The molecule has 4 nitrogen and oxygen atoms in total. The summed E-state index contributed by atoms with van der Waals surface area (Å²) in [6.07, 6.45) is 1.16. The fourth-order valence-electron chi connectivity index (χ4n) is 0.657. The van der Waals surface area contributed by atoms with E-state index in [1.54, 1.807) is 0 Å². The molecule has 0 saturated carbocycles. The Morgan fingerprint density at radius 3 is 2.42 bits per heavy atom. The van der Waals surface area contributed by atoms with E-state index in [1.807, 2.05) is 0 Å². The smallest absolute Gasteiger partial charge is 0.343 e. The van der Waals surface area contributed by atoms with Crippen molar-refractivity contribution in [3.8, 4) is 0 Å². The van der Waals surface area contributed by atoms with Gasteiger partial charge < -0.3 is 9.84 Å². The number of rotatable bonds is 3. The van der Waals surface area contributed by atoms with Crippen molar-refractivity contribution in [2.24, 2.45) is 0 Å². The number of aliphatic hydroxyl groups excluding tert-OH is 1. The van der Waals surface area contributed by atoms with E-state index in [0.29, 0.717) is 0 Å². The average molecular weight is 169 g/mol. The SMILES string of the molecule is C=CC(=N)/C(C(=O)OC)=C(\C)O. The third-order valence-corrected chi connectivity index (χ3v) is 1.22. The van der Waals surface area contributed by atoms with Gasteiger partial charge in [0.2, 0.25) is 0 Å². The number of ether oxygens (including phenoxy) is 1. The second-order valence-electron chi connectivity index (χ2n) is 2.07. The summed E-state index contributed by atoms with van der Waals surface area (Å²) in [5, 5.41) is 16.2. The van der Waals surface area contributed by atoms with E-state index in [9.17, 15) is 4.79 Å². The highest BCUT2D eigenvalue weighted by atomic mass is 16.5. The predicted molar refractivity (Wildman–Crippen MR) is 45.3 cm³/mol. The monoisotopic (exact) mass is 169 g/mol. The van der Waals surface area contributed by atoms with Crippen LogP contribution in [0.1, 0.15) is 6.92 Å². The molecule has 0 aliphatic rings. The first-order chi connectivity index (χ1) is 5.54. The molecule has 0 rings (SSSR count). The quantitative estimate of drug-likeness (QED) is 0.288. The average Bonchev–Trinajstić information content (AvgIpc) is 2.03. The molecule has 0 aromatic carbocycles. The molecule has 0 spiro atoms.